The van der Waals surface area contributed by atoms with E-state index in [9.17, 15) is 0 Å². The topological polar surface area (TPSA) is 60.7 Å². The lowest BCUT2D eigenvalue weighted by molar-refractivity contribution is 0.186. The molecule has 5 heteroatoms. The number of thiocarbonyl (C=S) groups is 1. The van der Waals surface area contributed by atoms with Gasteiger partial charge in [-0.15, -0.1) is 11.8 Å². The van der Waals surface area contributed by atoms with E-state index in [2.05, 4.69) is 6.92 Å². The molecule has 0 aliphatic heterocycles. The minimum absolute atomic E-state index is 0.0514. The second kappa shape index (κ2) is 18.7. The van der Waals surface area contributed by atoms with Crippen molar-refractivity contribution in [3.8, 4) is 0 Å². The molecule has 0 bridgehead atoms. The molecule has 0 amide bonds. The van der Waals surface area contributed by atoms with E-state index in [-0.39, 0.29) is 19.8 Å². The molecule has 0 aliphatic carbocycles. The molecule has 0 unspecified atom stereocenters. The number of rotatable bonds is 9. The van der Waals surface area contributed by atoms with Gasteiger partial charge in [-0.25, -0.2) is 0 Å². The van der Waals surface area contributed by atoms with Crippen molar-refractivity contribution in [2.24, 2.45) is 0 Å². The maximum atomic E-state index is 8.65. The Labute approximate surface area is 115 Å². The van der Waals surface area contributed by atoms with Crippen LogP contribution in [0, 0.1) is 0 Å². The molecular weight excluding hydrogens is 256 g/mol. The van der Waals surface area contributed by atoms with Gasteiger partial charge in [-0.05, 0) is 12.2 Å². The predicted molar refractivity (Wildman–Crippen MR) is 79.7 cm³/mol. The number of hydrogen-bond acceptors (Lipinski definition) is 5. The summed E-state index contributed by atoms with van der Waals surface area (Å²) in [6, 6.07) is 0. The number of unbranched alkanes of at least 4 members (excludes halogenated alkanes) is 5. The predicted octanol–water partition coefficient (Wildman–Crippen LogP) is 2.37. The standard InChI is InChI=1S/C10H20OS2.C2H6O2/c1-2-3-4-5-6-7-8-13-10(12)9-11;3-1-2-4/h11H,2-9H2,1H3;3-4H,1-2H2. The van der Waals surface area contributed by atoms with Crippen molar-refractivity contribution in [2.75, 3.05) is 25.6 Å². The van der Waals surface area contributed by atoms with Crippen molar-refractivity contribution in [1.82, 2.24) is 0 Å². The van der Waals surface area contributed by atoms with E-state index in [0.717, 1.165) is 9.95 Å². The van der Waals surface area contributed by atoms with Crippen molar-refractivity contribution in [2.45, 2.75) is 45.4 Å². The second-order valence-electron chi connectivity index (χ2n) is 3.59. The summed E-state index contributed by atoms with van der Waals surface area (Å²) in [5, 5.41) is 23.9. The Hall–Kier alpha value is 0.320. The Morgan fingerprint density at radius 2 is 1.47 bits per heavy atom. The number of hydrogen-bond donors (Lipinski definition) is 3. The van der Waals surface area contributed by atoms with E-state index in [0.29, 0.717) is 0 Å². The van der Waals surface area contributed by atoms with Crippen molar-refractivity contribution < 1.29 is 15.3 Å². The number of thioether (sulfide) groups is 1. The average Bonchev–Trinajstić information content (AvgIpc) is 2.37. The van der Waals surface area contributed by atoms with E-state index in [1.807, 2.05) is 0 Å². The Balaban J connectivity index is 0. The maximum absolute atomic E-state index is 8.65. The molecular formula is C12H26O3S2. The Kier molecular flexibility index (Phi) is 21.6. The third-order valence-electron chi connectivity index (χ3n) is 1.99. The third-order valence-corrected chi connectivity index (χ3v) is 3.42. The van der Waals surface area contributed by atoms with Gasteiger partial charge < -0.3 is 15.3 Å². The highest BCUT2D eigenvalue weighted by Crippen LogP contribution is 2.10. The summed E-state index contributed by atoms with van der Waals surface area (Å²) in [5.74, 6) is 1.07. The van der Waals surface area contributed by atoms with Gasteiger partial charge in [0, 0.05) is 0 Å². The van der Waals surface area contributed by atoms with Crippen LogP contribution in [-0.2, 0) is 0 Å². The van der Waals surface area contributed by atoms with Crippen LogP contribution >= 0.6 is 24.0 Å². The molecule has 3 N–H and O–H groups in total. The molecule has 0 aromatic carbocycles. The molecule has 0 saturated carbocycles. The Morgan fingerprint density at radius 3 is 1.94 bits per heavy atom. The van der Waals surface area contributed by atoms with E-state index in [1.165, 1.54) is 38.5 Å². The van der Waals surface area contributed by atoms with Crippen LogP contribution in [0.4, 0.5) is 0 Å². The molecule has 0 aliphatic rings. The van der Waals surface area contributed by atoms with Crippen LogP contribution in [0.1, 0.15) is 45.4 Å². The number of aliphatic hydroxyl groups excluding tert-OH is 3. The van der Waals surface area contributed by atoms with Crippen LogP contribution in [-0.4, -0.2) is 45.1 Å². The van der Waals surface area contributed by atoms with Crippen molar-refractivity contribution in [3.05, 3.63) is 0 Å². The van der Waals surface area contributed by atoms with Crippen molar-refractivity contribution in [3.63, 3.8) is 0 Å². The van der Waals surface area contributed by atoms with Crippen molar-refractivity contribution in [1.29, 1.82) is 0 Å². The van der Waals surface area contributed by atoms with Gasteiger partial charge in [0.1, 0.15) is 0 Å². The summed E-state index contributed by atoms with van der Waals surface area (Å²) >= 11 is 6.51. The third kappa shape index (κ3) is 22.0. The molecule has 0 heterocycles. The fourth-order valence-electron chi connectivity index (χ4n) is 1.11. The smallest absolute Gasteiger partial charge is 0.0842 e. The summed E-state index contributed by atoms with van der Waals surface area (Å²) in [6.07, 6.45) is 7.92. The van der Waals surface area contributed by atoms with Crippen LogP contribution < -0.4 is 0 Å². The van der Waals surface area contributed by atoms with Gasteiger partial charge in [-0.1, -0.05) is 51.2 Å². The van der Waals surface area contributed by atoms with E-state index < -0.39 is 0 Å². The van der Waals surface area contributed by atoms with Gasteiger partial charge in [0.2, 0.25) is 0 Å². The van der Waals surface area contributed by atoms with Gasteiger partial charge in [-0.3, -0.25) is 0 Å². The highest BCUT2D eigenvalue weighted by molar-refractivity contribution is 8.23. The zero-order chi connectivity index (χ0) is 13.4. The molecule has 0 rings (SSSR count). The van der Waals surface area contributed by atoms with Crippen molar-refractivity contribution >= 4 is 28.2 Å². The fourth-order valence-corrected chi connectivity index (χ4v) is 2.03. The van der Waals surface area contributed by atoms with Crippen LogP contribution in [0.25, 0.3) is 0 Å². The first-order valence-electron chi connectivity index (χ1n) is 6.21. The number of aliphatic hydroxyl groups is 3. The Morgan fingerprint density at radius 1 is 0.941 bits per heavy atom. The van der Waals surface area contributed by atoms with Gasteiger partial charge in [0.15, 0.2) is 0 Å². The molecule has 0 aromatic heterocycles. The summed E-state index contributed by atoms with van der Waals surface area (Å²) < 4.78 is 0.730. The quantitative estimate of drug-likeness (QED) is 0.448. The molecule has 0 radical (unpaired) electrons. The van der Waals surface area contributed by atoms with Gasteiger partial charge in [0.25, 0.3) is 0 Å². The first-order valence-corrected chi connectivity index (χ1v) is 7.60. The molecule has 17 heavy (non-hydrogen) atoms. The summed E-state index contributed by atoms with van der Waals surface area (Å²) in [7, 11) is 0. The summed E-state index contributed by atoms with van der Waals surface area (Å²) in [6.45, 7) is 2.03. The Bertz CT molecular complexity index is 153. The molecule has 0 saturated heterocycles. The zero-order valence-corrected chi connectivity index (χ0v) is 12.4. The fraction of sp³-hybridized carbons (Fsp3) is 0.917. The summed E-state index contributed by atoms with van der Waals surface area (Å²) in [4.78, 5) is 0. The van der Waals surface area contributed by atoms with Gasteiger partial charge in [0.05, 0.1) is 24.0 Å². The monoisotopic (exact) mass is 282 g/mol. The van der Waals surface area contributed by atoms with E-state index in [1.54, 1.807) is 11.8 Å². The lowest BCUT2D eigenvalue weighted by Gasteiger charge is -2.00. The molecule has 104 valence electrons. The first-order chi connectivity index (χ1) is 8.22. The molecule has 0 aromatic rings. The zero-order valence-electron chi connectivity index (χ0n) is 10.7. The molecule has 0 atom stereocenters. The maximum Gasteiger partial charge on any atom is 0.0842 e. The van der Waals surface area contributed by atoms with E-state index >= 15 is 0 Å². The minimum Gasteiger partial charge on any atom is -0.394 e. The SMILES string of the molecule is CCCCCCCCSC(=S)CO.OCCO. The van der Waals surface area contributed by atoms with Gasteiger partial charge >= 0.3 is 0 Å². The van der Waals surface area contributed by atoms with Crippen LogP contribution in [0.2, 0.25) is 0 Å². The van der Waals surface area contributed by atoms with Crippen LogP contribution in [0.15, 0.2) is 0 Å². The lowest BCUT2D eigenvalue weighted by Crippen LogP contribution is -1.95. The van der Waals surface area contributed by atoms with Gasteiger partial charge in [-0.2, -0.15) is 0 Å². The van der Waals surface area contributed by atoms with Crippen LogP contribution in [0.5, 0.6) is 0 Å². The van der Waals surface area contributed by atoms with Crippen LogP contribution in [0.3, 0.4) is 0 Å². The molecule has 3 nitrogen and oxygen atoms in total. The average molecular weight is 282 g/mol. The normalized spacial score (nSPS) is 9.65. The highest BCUT2D eigenvalue weighted by atomic mass is 32.2. The first kappa shape index (κ1) is 19.7. The second-order valence-corrected chi connectivity index (χ2v) is 5.53. The largest absolute Gasteiger partial charge is 0.394 e. The highest BCUT2D eigenvalue weighted by Gasteiger charge is 1.95. The molecule has 0 fully saturated rings. The lowest BCUT2D eigenvalue weighted by atomic mass is 10.1. The minimum atomic E-state index is -0.125. The summed E-state index contributed by atoms with van der Waals surface area (Å²) in [5.41, 5.74) is 0. The van der Waals surface area contributed by atoms with E-state index in [4.69, 9.17) is 27.5 Å². The molecule has 0 spiro atoms.